The lowest BCUT2D eigenvalue weighted by atomic mass is 10.2. The average molecular weight is 356 g/mol. The van der Waals surface area contributed by atoms with Crippen LogP contribution in [0.4, 0.5) is 5.69 Å². The van der Waals surface area contributed by atoms with E-state index in [9.17, 15) is 9.59 Å². The Labute approximate surface area is 127 Å². The number of hydrogen-bond donors (Lipinski definition) is 2. The number of anilines is 1. The number of pyridine rings is 1. The highest BCUT2D eigenvalue weighted by atomic mass is 79.9. The SMILES string of the molecule is O=C(O)c1cccnc1C(=O)Nc1ccc(Br)cc1Cl. The smallest absolute Gasteiger partial charge is 0.338 e. The van der Waals surface area contributed by atoms with Gasteiger partial charge >= 0.3 is 5.97 Å². The van der Waals surface area contributed by atoms with Gasteiger partial charge in [0.25, 0.3) is 5.91 Å². The average Bonchev–Trinajstić information content (AvgIpc) is 2.41. The minimum atomic E-state index is -1.22. The summed E-state index contributed by atoms with van der Waals surface area (Å²) >= 11 is 9.23. The van der Waals surface area contributed by atoms with Gasteiger partial charge in [0.05, 0.1) is 16.3 Å². The predicted octanol–water partition coefficient (Wildman–Crippen LogP) is 3.45. The molecule has 0 aliphatic heterocycles. The Morgan fingerprint density at radius 2 is 2.05 bits per heavy atom. The minimum absolute atomic E-state index is 0.168. The molecule has 2 aromatic rings. The van der Waals surface area contributed by atoms with Crippen LogP contribution in [0.1, 0.15) is 20.8 Å². The third kappa shape index (κ3) is 3.15. The molecule has 102 valence electrons. The molecule has 1 aromatic carbocycles. The molecule has 7 heteroatoms. The Hall–Kier alpha value is -1.92. The summed E-state index contributed by atoms with van der Waals surface area (Å²) in [7, 11) is 0. The minimum Gasteiger partial charge on any atom is -0.478 e. The molecule has 0 saturated carbocycles. The molecular formula is C13H8BrClN2O3. The van der Waals surface area contributed by atoms with Gasteiger partial charge in [-0.05, 0) is 30.3 Å². The van der Waals surface area contributed by atoms with Gasteiger partial charge in [-0.3, -0.25) is 9.78 Å². The van der Waals surface area contributed by atoms with Crippen molar-refractivity contribution in [1.82, 2.24) is 4.98 Å². The maximum atomic E-state index is 12.1. The summed E-state index contributed by atoms with van der Waals surface area (Å²) in [6.07, 6.45) is 1.35. The first-order chi connectivity index (χ1) is 9.49. The molecule has 0 unspecified atom stereocenters. The number of nitrogens with zero attached hydrogens (tertiary/aromatic N) is 1. The van der Waals surface area contributed by atoms with Crippen LogP contribution in [0.2, 0.25) is 5.02 Å². The fourth-order valence-electron chi connectivity index (χ4n) is 1.53. The number of aromatic carboxylic acids is 1. The fourth-order valence-corrected chi connectivity index (χ4v) is 2.25. The van der Waals surface area contributed by atoms with Gasteiger partial charge in [0.2, 0.25) is 0 Å². The topological polar surface area (TPSA) is 79.3 Å². The lowest BCUT2D eigenvalue weighted by molar-refractivity contribution is 0.0691. The molecule has 0 spiro atoms. The molecule has 0 atom stereocenters. The summed E-state index contributed by atoms with van der Waals surface area (Å²) in [6, 6.07) is 7.69. The van der Waals surface area contributed by atoms with E-state index in [1.165, 1.54) is 18.3 Å². The number of amides is 1. The third-order valence-electron chi connectivity index (χ3n) is 2.43. The first kappa shape index (κ1) is 14.5. The maximum Gasteiger partial charge on any atom is 0.338 e. The van der Waals surface area contributed by atoms with E-state index in [1.54, 1.807) is 18.2 Å². The lowest BCUT2D eigenvalue weighted by Gasteiger charge is -2.08. The summed E-state index contributed by atoms with van der Waals surface area (Å²) in [5.74, 6) is -1.85. The normalized spacial score (nSPS) is 10.1. The Morgan fingerprint density at radius 1 is 1.30 bits per heavy atom. The number of carbonyl (C=O) groups is 2. The van der Waals surface area contributed by atoms with Gasteiger partial charge in [-0.15, -0.1) is 0 Å². The molecule has 0 saturated heterocycles. The lowest BCUT2D eigenvalue weighted by Crippen LogP contribution is -2.18. The predicted molar refractivity (Wildman–Crippen MR) is 78.3 cm³/mol. The number of halogens is 2. The quantitative estimate of drug-likeness (QED) is 0.884. The second kappa shape index (κ2) is 6.02. The number of rotatable bonds is 3. The molecule has 2 rings (SSSR count). The number of hydrogen-bond acceptors (Lipinski definition) is 3. The number of aromatic nitrogens is 1. The van der Waals surface area contributed by atoms with Crippen molar-refractivity contribution in [1.29, 1.82) is 0 Å². The van der Waals surface area contributed by atoms with Crippen LogP contribution < -0.4 is 5.32 Å². The van der Waals surface area contributed by atoms with Crippen LogP contribution in [-0.4, -0.2) is 22.0 Å². The largest absolute Gasteiger partial charge is 0.478 e. The van der Waals surface area contributed by atoms with E-state index in [4.69, 9.17) is 16.7 Å². The number of carbonyl (C=O) groups excluding carboxylic acids is 1. The molecule has 0 aliphatic rings. The Kier molecular flexibility index (Phi) is 4.36. The first-order valence-corrected chi connectivity index (χ1v) is 6.61. The highest BCUT2D eigenvalue weighted by Crippen LogP contribution is 2.26. The maximum absolute atomic E-state index is 12.1. The van der Waals surface area contributed by atoms with Crippen molar-refractivity contribution < 1.29 is 14.7 Å². The van der Waals surface area contributed by atoms with Crippen molar-refractivity contribution >= 4 is 45.1 Å². The van der Waals surface area contributed by atoms with Crippen LogP contribution in [0.15, 0.2) is 41.0 Å². The van der Waals surface area contributed by atoms with Gasteiger partial charge in [0, 0.05) is 10.7 Å². The third-order valence-corrected chi connectivity index (χ3v) is 3.24. The molecule has 5 nitrogen and oxygen atoms in total. The van der Waals surface area contributed by atoms with Crippen molar-refractivity contribution in [2.75, 3.05) is 5.32 Å². The van der Waals surface area contributed by atoms with Crippen LogP contribution in [0.3, 0.4) is 0 Å². The Balaban J connectivity index is 2.31. The summed E-state index contributed by atoms with van der Waals surface area (Å²) < 4.78 is 0.768. The highest BCUT2D eigenvalue weighted by Gasteiger charge is 2.18. The van der Waals surface area contributed by atoms with Gasteiger partial charge in [0.1, 0.15) is 5.69 Å². The van der Waals surface area contributed by atoms with Crippen LogP contribution in [0, 0.1) is 0 Å². The zero-order valence-corrected chi connectivity index (χ0v) is 12.3. The number of nitrogens with one attached hydrogen (secondary N) is 1. The zero-order valence-electron chi connectivity index (χ0n) is 9.93. The van der Waals surface area contributed by atoms with Crippen molar-refractivity contribution in [3.05, 3.63) is 57.3 Å². The molecule has 0 bridgehead atoms. The first-order valence-electron chi connectivity index (χ1n) is 5.44. The molecule has 20 heavy (non-hydrogen) atoms. The van der Waals surface area contributed by atoms with Gasteiger partial charge < -0.3 is 10.4 Å². The number of carboxylic acid groups (broad SMARTS) is 1. The van der Waals surface area contributed by atoms with E-state index < -0.39 is 11.9 Å². The van der Waals surface area contributed by atoms with Crippen LogP contribution >= 0.6 is 27.5 Å². The van der Waals surface area contributed by atoms with Gasteiger partial charge in [0.15, 0.2) is 0 Å². The van der Waals surface area contributed by atoms with E-state index in [1.807, 2.05) is 0 Å². The Morgan fingerprint density at radius 3 is 2.70 bits per heavy atom. The van der Waals surface area contributed by atoms with Crippen LogP contribution in [0.5, 0.6) is 0 Å². The molecule has 0 fully saturated rings. The molecule has 0 radical (unpaired) electrons. The number of benzene rings is 1. The van der Waals surface area contributed by atoms with Crippen LogP contribution in [0.25, 0.3) is 0 Å². The zero-order chi connectivity index (χ0) is 14.7. The van der Waals surface area contributed by atoms with E-state index >= 15 is 0 Å². The molecule has 1 amide bonds. The van der Waals surface area contributed by atoms with Crippen molar-refractivity contribution in [3.63, 3.8) is 0 Å². The molecule has 1 heterocycles. The molecule has 2 N–H and O–H groups in total. The second-order valence-corrected chi connectivity index (χ2v) is 5.11. The summed E-state index contributed by atoms with van der Waals surface area (Å²) in [5, 5.41) is 11.9. The van der Waals surface area contributed by atoms with E-state index in [-0.39, 0.29) is 11.3 Å². The monoisotopic (exact) mass is 354 g/mol. The van der Waals surface area contributed by atoms with Gasteiger partial charge in [-0.2, -0.15) is 0 Å². The van der Waals surface area contributed by atoms with E-state index in [0.29, 0.717) is 10.7 Å². The summed E-state index contributed by atoms with van der Waals surface area (Å²) in [6.45, 7) is 0. The van der Waals surface area contributed by atoms with E-state index in [2.05, 4.69) is 26.2 Å². The molecule has 0 aliphatic carbocycles. The summed E-state index contributed by atoms with van der Waals surface area (Å²) in [4.78, 5) is 26.9. The van der Waals surface area contributed by atoms with Gasteiger partial charge in [-0.1, -0.05) is 27.5 Å². The van der Waals surface area contributed by atoms with Crippen molar-refractivity contribution in [2.45, 2.75) is 0 Å². The fraction of sp³-hybridized carbons (Fsp3) is 0. The summed E-state index contributed by atoms with van der Waals surface area (Å²) in [5.41, 5.74) is 0.0408. The molecular weight excluding hydrogens is 348 g/mol. The second-order valence-electron chi connectivity index (χ2n) is 3.78. The highest BCUT2D eigenvalue weighted by molar-refractivity contribution is 9.10. The van der Waals surface area contributed by atoms with Gasteiger partial charge in [-0.25, -0.2) is 4.79 Å². The number of carboxylic acids is 1. The van der Waals surface area contributed by atoms with Crippen molar-refractivity contribution in [2.24, 2.45) is 0 Å². The Bertz CT molecular complexity index is 691. The van der Waals surface area contributed by atoms with E-state index in [0.717, 1.165) is 4.47 Å². The molecule has 1 aromatic heterocycles. The standard InChI is InChI=1S/C13H8BrClN2O3/c14-7-3-4-10(9(15)6-7)17-12(18)11-8(13(19)20)2-1-5-16-11/h1-6H,(H,17,18)(H,19,20). The van der Waals surface area contributed by atoms with Crippen LogP contribution in [-0.2, 0) is 0 Å². The van der Waals surface area contributed by atoms with Crippen molar-refractivity contribution in [3.8, 4) is 0 Å².